The van der Waals surface area contributed by atoms with Gasteiger partial charge in [-0.2, -0.15) is 0 Å². The zero-order valence-electron chi connectivity index (χ0n) is 11.2. The molecular weight excluding hydrogens is 316 g/mol. The number of aromatic nitrogens is 1. The lowest BCUT2D eigenvalue weighted by Crippen LogP contribution is -2.43. The van der Waals surface area contributed by atoms with Crippen LogP contribution < -0.4 is 10.5 Å². The molecule has 1 aliphatic rings. The van der Waals surface area contributed by atoms with Crippen molar-refractivity contribution in [2.75, 3.05) is 13.2 Å². The first kappa shape index (κ1) is 13.6. The van der Waals surface area contributed by atoms with Crippen molar-refractivity contribution in [2.45, 2.75) is 12.8 Å². The summed E-state index contributed by atoms with van der Waals surface area (Å²) in [4.78, 5) is 4.23. The van der Waals surface area contributed by atoms with Crippen molar-refractivity contribution in [3.8, 4) is 5.75 Å². The van der Waals surface area contributed by atoms with E-state index in [0.29, 0.717) is 13.2 Å². The van der Waals surface area contributed by atoms with E-state index in [9.17, 15) is 0 Å². The van der Waals surface area contributed by atoms with Gasteiger partial charge in [0.05, 0.1) is 6.61 Å². The van der Waals surface area contributed by atoms with Crippen LogP contribution in [0.15, 0.2) is 47.2 Å². The molecule has 0 bridgehead atoms. The Kier molecular flexibility index (Phi) is 3.76. The molecule has 0 radical (unpaired) electrons. The second-order valence-corrected chi connectivity index (χ2v) is 6.38. The predicted octanol–water partition coefficient (Wildman–Crippen LogP) is 2.97. The van der Waals surface area contributed by atoms with Crippen LogP contribution in [0, 0.1) is 5.41 Å². The monoisotopic (exact) mass is 332 g/mol. The van der Waals surface area contributed by atoms with E-state index in [1.807, 2.05) is 18.3 Å². The van der Waals surface area contributed by atoms with Gasteiger partial charge in [0.1, 0.15) is 5.75 Å². The molecule has 0 amide bonds. The number of fused-ring (bicyclic) bond motifs is 1. The van der Waals surface area contributed by atoms with E-state index in [0.717, 1.165) is 23.1 Å². The van der Waals surface area contributed by atoms with Crippen LogP contribution in [-0.4, -0.2) is 18.1 Å². The lowest BCUT2D eigenvalue weighted by Gasteiger charge is -2.37. The van der Waals surface area contributed by atoms with Gasteiger partial charge in [-0.05, 0) is 52.0 Å². The summed E-state index contributed by atoms with van der Waals surface area (Å²) < 4.78 is 6.92. The Morgan fingerprint density at radius 1 is 1.30 bits per heavy atom. The zero-order chi connectivity index (χ0) is 14.0. The van der Waals surface area contributed by atoms with Gasteiger partial charge < -0.3 is 10.5 Å². The van der Waals surface area contributed by atoms with Gasteiger partial charge in [-0.25, -0.2) is 0 Å². The van der Waals surface area contributed by atoms with E-state index in [2.05, 4.69) is 39.1 Å². The highest BCUT2D eigenvalue weighted by Gasteiger charge is 2.35. The molecule has 3 nitrogen and oxygen atoms in total. The second-order valence-electron chi connectivity index (χ2n) is 5.47. The third-order valence-electron chi connectivity index (χ3n) is 3.85. The molecule has 2 heterocycles. The molecule has 1 aliphatic heterocycles. The third kappa shape index (κ3) is 2.72. The van der Waals surface area contributed by atoms with Gasteiger partial charge in [-0.15, -0.1) is 0 Å². The Bertz CT molecular complexity index is 617. The number of para-hydroxylation sites is 1. The fourth-order valence-corrected chi connectivity index (χ4v) is 3.19. The van der Waals surface area contributed by atoms with Crippen LogP contribution in [0.25, 0.3) is 0 Å². The molecular formula is C16H17BrN2O. The molecule has 2 N–H and O–H groups in total. The van der Waals surface area contributed by atoms with Crippen LogP contribution in [0.4, 0.5) is 0 Å². The number of nitrogens with two attached hydrogens (primary N) is 1. The van der Waals surface area contributed by atoms with E-state index in [4.69, 9.17) is 10.5 Å². The topological polar surface area (TPSA) is 48.1 Å². The maximum atomic E-state index is 6.07. The number of benzene rings is 1. The van der Waals surface area contributed by atoms with Crippen LogP contribution in [0.2, 0.25) is 0 Å². The first-order valence-corrected chi connectivity index (χ1v) is 7.50. The predicted molar refractivity (Wildman–Crippen MR) is 82.8 cm³/mol. The van der Waals surface area contributed by atoms with Crippen LogP contribution in [0.1, 0.15) is 11.1 Å². The molecule has 104 valence electrons. The van der Waals surface area contributed by atoms with E-state index in [1.165, 1.54) is 11.1 Å². The Labute approximate surface area is 127 Å². The van der Waals surface area contributed by atoms with Crippen molar-refractivity contribution in [2.24, 2.45) is 11.1 Å². The molecule has 3 rings (SSSR count). The number of hydrogen-bond donors (Lipinski definition) is 1. The number of hydrogen-bond acceptors (Lipinski definition) is 3. The van der Waals surface area contributed by atoms with E-state index < -0.39 is 0 Å². The Balaban J connectivity index is 1.86. The number of halogens is 1. The maximum Gasteiger partial charge on any atom is 0.122 e. The van der Waals surface area contributed by atoms with Gasteiger partial charge in [0.2, 0.25) is 0 Å². The molecule has 20 heavy (non-hydrogen) atoms. The summed E-state index contributed by atoms with van der Waals surface area (Å²) in [5.41, 5.74) is 8.45. The smallest absolute Gasteiger partial charge is 0.122 e. The van der Waals surface area contributed by atoms with Crippen molar-refractivity contribution in [1.29, 1.82) is 0 Å². The van der Waals surface area contributed by atoms with Gasteiger partial charge in [0.25, 0.3) is 0 Å². The molecule has 4 heteroatoms. The summed E-state index contributed by atoms with van der Waals surface area (Å²) in [6.07, 6.45) is 5.53. The second kappa shape index (κ2) is 5.54. The summed E-state index contributed by atoms with van der Waals surface area (Å²) in [5, 5.41) is 0. The average Bonchev–Trinajstić information content (AvgIpc) is 2.47. The Morgan fingerprint density at radius 2 is 2.15 bits per heavy atom. The van der Waals surface area contributed by atoms with E-state index in [-0.39, 0.29) is 5.41 Å². The molecule has 0 aliphatic carbocycles. The molecule has 1 unspecified atom stereocenters. The van der Waals surface area contributed by atoms with Crippen molar-refractivity contribution >= 4 is 15.9 Å². The number of nitrogens with zero attached hydrogens (tertiary/aromatic N) is 1. The van der Waals surface area contributed by atoms with E-state index >= 15 is 0 Å². The van der Waals surface area contributed by atoms with Gasteiger partial charge >= 0.3 is 0 Å². The van der Waals surface area contributed by atoms with E-state index in [1.54, 1.807) is 6.20 Å². The van der Waals surface area contributed by atoms with Gasteiger partial charge in [-0.3, -0.25) is 4.98 Å². The highest BCUT2D eigenvalue weighted by atomic mass is 79.9. The minimum absolute atomic E-state index is 0.0448. The molecule has 0 saturated heterocycles. The minimum Gasteiger partial charge on any atom is -0.493 e. The SMILES string of the molecule is NCC1(Cc2cncc(Br)c2)COc2ccccc2C1. The minimum atomic E-state index is -0.0448. The fourth-order valence-electron chi connectivity index (χ4n) is 2.78. The molecule has 1 aromatic carbocycles. The summed E-state index contributed by atoms with van der Waals surface area (Å²) in [5.74, 6) is 0.990. The average molecular weight is 333 g/mol. The number of rotatable bonds is 3. The first-order chi connectivity index (χ1) is 9.71. The Hall–Kier alpha value is -1.39. The van der Waals surface area contributed by atoms with Gasteiger partial charge in [0.15, 0.2) is 0 Å². The normalized spacial score (nSPS) is 21.1. The van der Waals surface area contributed by atoms with Crippen molar-refractivity contribution < 1.29 is 4.74 Å². The summed E-state index contributed by atoms with van der Waals surface area (Å²) >= 11 is 3.47. The highest BCUT2D eigenvalue weighted by Crippen LogP contribution is 2.36. The number of ether oxygens (including phenoxy) is 1. The summed E-state index contributed by atoms with van der Waals surface area (Å²) in [6, 6.07) is 10.3. The largest absolute Gasteiger partial charge is 0.493 e. The van der Waals surface area contributed by atoms with Gasteiger partial charge in [-0.1, -0.05) is 18.2 Å². The van der Waals surface area contributed by atoms with Crippen LogP contribution in [0.5, 0.6) is 5.75 Å². The standard InChI is InChI=1S/C16H17BrN2O/c17-14-5-12(8-19-9-14)6-16(10-18)7-13-3-1-2-4-15(13)20-11-16/h1-5,8-9H,6-7,10-11,18H2. The van der Waals surface area contributed by atoms with Crippen LogP contribution >= 0.6 is 15.9 Å². The van der Waals surface area contributed by atoms with Crippen molar-refractivity contribution in [3.05, 3.63) is 58.3 Å². The molecule has 0 spiro atoms. The quantitative estimate of drug-likeness (QED) is 0.939. The molecule has 1 aromatic heterocycles. The molecule has 2 aromatic rings. The molecule has 0 saturated carbocycles. The number of pyridine rings is 1. The maximum absolute atomic E-state index is 6.07. The van der Waals surface area contributed by atoms with Crippen molar-refractivity contribution in [1.82, 2.24) is 4.98 Å². The lowest BCUT2D eigenvalue weighted by atomic mass is 9.76. The Morgan fingerprint density at radius 3 is 2.95 bits per heavy atom. The first-order valence-electron chi connectivity index (χ1n) is 6.71. The molecule has 1 atom stereocenters. The summed E-state index contributed by atoms with van der Waals surface area (Å²) in [7, 11) is 0. The van der Waals surface area contributed by atoms with Crippen LogP contribution in [-0.2, 0) is 12.8 Å². The van der Waals surface area contributed by atoms with Crippen molar-refractivity contribution in [3.63, 3.8) is 0 Å². The zero-order valence-corrected chi connectivity index (χ0v) is 12.8. The van der Waals surface area contributed by atoms with Gasteiger partial charge in [0, 0.05) is 28.8 Å². The highest BCUT2D eigenvalue weighted by molar-refractivity contribution is 9.10. The molecule has 0 fully saturated rings. The third-order valence-corrected chi connectivity index (χ3v) is 4.28. The lowest BCUT2D eigenvalue weighted by molar-refractivity contribution is 0.126. The summed E-state index contributed by atoms with van der Waals surface area (Å²) in [6.45, 7) is 1.26. The van der Waals surface area contributed by atoms with Crippen LogP contribution in [0.3, 0.4) is 0 Å². The fraction of sp³-hybridized carbons (Fsp3) is 0.312.